The number of carboxylic acid groups (broad SMARTS) is 1. The van der Waals surface area contributed by atoms with Crippen LogP contribution in [0.25, 0.3) is 0 Å². The highest BCUT2D eigenvalue weighted by Gasteiger charge is 2.21. The maximum absolute atomic E-state index is 11.2. The molecule has 1 atom stereocenters. The topological polar surface area (TPSA) is 151 Å². The van der Waals surface area contributed by atoms with E-state index < -0.39 is 30.4 Å². The van der Waals surface area contributed by atoms with Gasteiger partial charge < -0.3 is 26.8 Å². The lowest BCUT2D eigenvalue weighted by Crippen LogP contribution is -2.48. The summed E-state index contributed by atoms with van der Waals surface area (Å²) in [5, 5.41) is 15.4. The van der Waals surface area contributed by atoms with E-state index in [1.54, 1.807) is 0 Å². The second-order valence-corrected chi connectivity index (χ2v) is 3.38. The molecule has 0 aromatic carbocycles. The summed E-state index contributed by atoms with van der Waals surface area (Å²) in [4.78, 5) is 43.3. The lowest BCUT2D eigenvalue weighted by atomic mass is 10.2. The number of carboxylic acids is 1. The molecule has 0 saturated heterocycles. The summed E-state index contributed by atoms with van der Waals surface area (Å²) in [6.07, 6.45) is -0.435. The van der Waals surface area contributed by atoms with E-state index >= 15 is 0 Å². The Labute approximate surface area is 103 Å². The van der Waals surface area contributed by atoms with Crippen LogP contribution >= 0.6 is 0 Å². The molecule has 0 heterocycles. The highest BCUT2D eigenvalue weighted by molar-refractivity contribution is 5.87. The van der Waals surface area contributed by atoms with E-state index in [0.717, 1.165) is 0 Å². The number of hydrogen-bond acceptors (Lipinski definition) is 4. The summed E-state index contributed by atoms with van der Waals surface area (Å²) in [5.74, 6) is -2.47. The van der Waals surface area contributed by atoms with Crippen molar-refractivity contribution < 1.29 is 24.3 Å². The van der Waals surface area contributed by atoms with Crippen molar-refractivity contribution in [3.63, 3.8) is 0 Å². The first kappa shape index (κ1) is 15.7. The van der Waals surface area contributed by atoms with Crippen molar-refractivity contribution in [1.29, 1.82) is 0 Å². The summed E-state index contributed by atoms with van der Waals surface area (Å²) < 4.78 is 0. The van der Waals surface area contributed by atoms with Gasteiger partial charge in [0.25, 0.3) is 0 Å². The molecule has 1 unspecified atom stereocenters. The Morgan fingerprint density at radius 1 is 1.28 bits per heavy atom. The van der Waals surface area contributed by atoms with Gasteiger partial charge in [-0.3, -0.25) is 9.59 Å². The first-order chi connectivity index (χ1) is 8.36. The Balaban J connectivity index is 4.06. The van der Waals surface area contributed by atoms with Gasteiger partial charge in [0.05, 0.1) is 6.42 Å². The molecule has 102 valence electrons. The molecule has 0 bridgehead atoms. The zero-order valence-corrected chi connectivity index (χ0v) is 9.86. The molecule has 4 amide bonds. The van der Waals surface area contributed by atoms with Gasteiger partial charge in [-0.15, -0.1) is 0 Å². The zero-order chi connectivity index (χ0) is 14.1. The summed E-state index contributed by atoms with van der Waals surface area (Å²) in [6, 6.07) is -2.17. The summed E-state index contributed by atoms with van der Waals surface area (Å²) in [7, 11) is 1.45. The third kappa shape index (κ3) is 7.04. The monoisotopic (exact) mass is 260 g/mol. The number of amides is 4. The van der Waals surface area contributed by atoms with Gasteiger partial charge in [0.2, 0.25) is 11.8 Å². The SMILES string of the molecule is CNC(=O)CCNC(=O)NC(CC(N)=O)C(=O)O. The van der Waals surface area contributed by atoms with Crippen LogP contribution in [0.5, 0.6) is 0 Å². The van der Waals surface area contributed by atoms with Crippen molar-refractivity contribution in [3.8, 4) is 0 Å². The molecular formula is C9H16N4O5. The first-order valence-corrected chi connectivity index (χ1v) is 5.13. The van der Waals surface area contributed by atoms with Crippen LogP contribution in [0.2, 0.25) is 0 Å². The van der Waals surface area contributed by atoms with Crippen LogP contribution in [-0.2, 0) is 14.4 Å². The fourth-order valence-electron chi connectivity index (χ4n) is 1.03. The van der Waals surface area contributed by atoms with Crippen molar-refractivity contribution in [2.45, 2.75) is 18.9 Å². The van der Waals surface area contributed by atoms with Gasteiger partial charge in [-0.2, -0.15) is 0 Å². The smallest absolute Gasteiger partial charge is 0.326 e. The number of primary amides is 1. The number of nitrogens with one attached hydrogen (secondary N) is 3. The Morgan fingerprint density at radius 3 is 2.33 bits per heavy atom. The van der Waals surface area contributed by atoms with Gasteiger partial charge in [0, 0.05) is 20.0 Å². The number of hydrogen-bond donors (Lipinski definition) is 5. The van der Waals surface area contributed by atoms with E-state index in [4.69, 9.17) is 10.8 Å². The van der Waals surface area contributed by atoms with Crippen LogP contribution in [0, 0.1) is 0 Å². The Morgan fingerprint density at radius 2 is 1.89 bits per heavy atom. The molecule has 9 heteroatoms. The fraction of sp³-hybridized carbons (Fsp3) is 0.556. The first-order valence-electron chi connectivity index (χ1n) is 5.13. The standard InChI is InChI=1S/C9H16N4O5/c1-11-7(15)2-3-12-9(18)13-5(8(16)17)4-6(10)14/h5H,2-4H2,1H3,(H2,10,14)(H,11,15)(H,16,17)(H2,12,13,18). The summed E-state index contributed by atoms with van der Waals surface area (Å²) >= 11 is 0. The van der Waals surface area contributed by atoms with E-state index in [1.807, 2.05) is 0 Å². The number of aliphatic carboxylic acids is 1. The number of nitrogens with two attached hydrogens (primary N) is 1. The summed E-state index contributed by atoms with van der Waals surface area (Å²) in [5.41, 5.74) is 4.84. The molecule has 0 aromatic rings. The van der Waals surface area contributed by atoms with Crippen molar-refractivity contribution >= 4 is 23.8 Å². The molecular weight excluding hydrogens is 244 g/mol. The van der Waals surface area contributed by atoms with Crippen LogP contribution in [0.15, 0.2) is 0 Å². The lowest BCUT2D eigenvalue weighted by molar-refractivity contribution is -0.140. The van der Waals surface area contributed by atoms with Crippen molar-refractivity contribution in [1.82, 2.24) is 16.0 Å². The highest BCUT2D eigenvalue weighted by atomic mass is 16.4. The molecule has 0 aliphatic heterocycles. The fourth-order valence-corrected chi connectivity index (χ4v) is 1.03. The van der Waals surface area contributed by atoms with Crippen LogP contribution in [-0.4, -0.2) is 48.6 Å². The highest BCUT2D eigenvalue weighted by Crippen LogP contribution is 1.91. The van der Waals surface area contributed by atoms with Crippen molar-refractivity contribution in [3.05, 3.63) is 0 Å². The second-order valence-electron chi connectivity index (χ2n) is 3.38. The van der Waals surface area contributed by atoms with Crippen molar-refractivity contribution in [2.24, 2.45) is 5.73 Å². The molecule has 0 saturated carbocycles. The Bertz CT molecular complexity index is 344. The van der Waals surface area contributed by atoms with E-state index in [1.165, 1.54) is 7.05 Å². The third-order valence-corrected chi connectivity index (χ3v) is 1.93. The molecule has 0 fully saturated rings. The van der Waals surface area contributed by atoms with Crippen LogP contribution in [0.3, 0.4) is 0 Å². The maximum atomic E-state index is 11.2. The van der Waals surface area contributed by atoms with Crippen LogP contribution in [0.4, 0.5) is 4.79 Å². The average molecular weight is 260 g/mol. The third-order valence-electron chi connectivity index (χ3n) is 1.93. The molecule has 18 heavy (non-hydrogen) atoms. The Hall–Kier alpha value is -2.32. The second kappa shape index (κ2) is 7.87. The summed E-state index contributed by atoms with van der Waals surface area (Å²) in [6.45, 7) is 0.0500. The lowest BCUT2D eigenvalue weighted by Gasteiger charge is -2.13. The molecule has 0 spiro atoms. The van der Waals surface area contributed by atoms with Gasteiger partial charge in [-0.25, -0.2) is 9.59 Å². The number of urea groups is 1. The molecule has 0 rings (SSSR count). The molecule has 0 aliphatic carbocycles. The van der Waals surface area contributed by atoms with Gasteiger partial charge >= 0.3 is 12.0 Å². The molecule has 0 radical (unpaired) electrons. The van der Waals surface area contributed by atoms with E-state index in [9.17, 15) is 19.2 Å². The number of carbonyl (C=O) groups excluding carboxylic acids is 3. The molecule has 0 aromatic heterocycles. The average Bonchev–Trinajstić information content (AvgIpc) is 2.27. The van der Waals surface area contributed by atoms with Gasteiger partial charge in [0.1, 0.15) is 6.04 Å². The van der Waals surface area contributed by atoms with Crippen LogP contribution < -0.4 is 21.7 Å². The van der Waals surface area contributed by atoms with E-state index in [-0.39, 0.29) is 18.9 Å². The minimum absolute atomic E-state index is 0.0500. The zero-order valence-electron chi connectivity index (χ0n) is 9.86. The minimum atomic E-state index is -1.39. The largest absolute Gasteiger partial charge is 0.480 e. The van der Waals surface area contributed by atoms with Gasteiger partial charge in [0.15, 0.2) is 0 Å². The molecule has 0 aliphatic rings. The van der Waals surface area contributed by atoms with Crippen molar-refractivity contribution in [2.75, 3.05) is 13.6 Å². The van der Waals surface area contributed by atoms with E-state index in [2.05, 4.69) is 16.0 Å². The molecule has 9 nitrogen and oxygen atoms in total. The quantitative estimate of drug-likeness (QED) is 0.350. The van der Waals surface area contributed by atoms with Gasteiger partial charge in [-0.05, 0) is 0 Å². The maximum Gasteiger partial charge on any atom is 0.326 e. The molecule has 6 N–H and O–H groups in total. The number of carbonyl (C=O) groups is 4. The predicted octanol–water partition coefficient (Wildman–Crippen LogP) is -2.25. The van der Waals surface area contributed by atoms with Crippen LogP contribution in [0.1, 0.15) is 12.8 Å². The predicted molar refractivity (Wildman–Crippen MR) is 60.5 cm³/mol. The van der Waals surface area contributed by atoms with E-state index in [0.29, 0.717) is 0 Å². The minimum Gasteiger partial charge on any atom is -0.480 e. The number of rotatable bonds is 7. The Kier molecular flexibility index (Phi) is 6.86. The van der Waals surface area contributed by atoms with Gasteiger partial charge in [-0.1, -0.05) is 0 Å². The normalized spacial score (nSPS) is 11.2.